The molecule has 0 aliphatic carbocycles. The number of fused-ring (bicyclic) bond motifs is 1. The molecule has 1 fully saturated rings. The number of esters is 1. The van der Waals surface area contributed by atoms with Crippen molar-refractivity contribution in [1.82, 2.24) is 9.97 Å². The van der Waals surface area contributed by atoms with Crippen LogP contribution in [0.4, 0.5) is 37.8 Å². The van der Waals surface area contributed by atoms with Crippen molar-refractivity contribution in [2.24, 2.45) is 10.2 Å². The summed E-state index contributed by atoms with van der Waals surface area (Å²) in [5.74, 6) is -14.3. The first-order chi connectivity index (χ1) is 19.8. The molecule has 0 saturated carbocycles. The molecule has 208 valence electrons. The fourth-order valence-electron chi connectivity index (χ4n) is 4.41. The van der Waals surface area contributed by atoms with E-state index in [4.69, 9.17) is 4.98 Å². The lowest BCUT2D eigenvalue weighted by molar-refractivity contribution is 0.0711. The molecule has 0 bridgehead atoms. The second kappa shape index (κ2) is 10.7. The van der Waals surface area contributed by atoms with Gasteiger partial charge < -0.3 is 14.6 Å². The summed E-state index contributed by atoms with van der Waals surface area (Å²) in [4.78, 5) is 22.2. The lowest BCUT2D eigenvalue weighted by atomic mass is 10.2. The first kappa shape index (κ1) is 26.6. The first-order valence-corrected chi connectivity index (χ1v) is 13.2. The number of azo groups is 1. The van der Waals surface area contributed by atoms with E-state index in [1.54, 1.807) is 18.2 Å². The summed E-state index contributed by atoms with van der Waals surface area (Å²) < 4.78 is 72.7. The average molecular weight is 584 g/mol. The molecule has 3 aromatic carbocycles. The number of thiazole rings is 1. The molecule has 13 heteroatoms. The van der Waals surface area contributed by atoms with E-state index in [9.17, 15) is 26.7 Å². The van der Waals surface area contributed by atoms with Gasteiger partial charge in [-0.3, -0.25) is 0 Å². The summed E-state index contributed by atoms with van der Waals surface area (Å²) >= 11 is 1.44. The molecular formula is C28H18F5N5O2S. The predicted octanol–water partition coefficient (Wildman–Crippen LogP) is 8.22. The van der Waals surface area contributed by atoms with Crippen LogP contribution < -0.4 is 9.64 Å². The number of aromatic amines is 1. The van der Waals surface area contributed by atoms with Crippen LogP contribution in [0.15, 0.2) is 64.8 Å². The smallest absolute Gasteiger partial charge is 0.360 e. The monoisotopic (exact) mass is 583 g/mol. The number of rotatable bonds is 6. The molecule has 1 aliphatic heterocycles. The first-order valence-electron chi connectivity index (χ1n) is 12.4. The van der Waals surface area contributed by atoms with Crippen molar-refractivity contribution in [2.45, 2.75) is 12.8 Å². The Morgan fingerprint density at radius 3 is 2.27 bits per heavy atom. The number of carbonyl (C=O) groups excluding carboxylic acids is 1. The normalized spacial score (nSPS) is 13.5. The van der Waals surface area contributed by atoms with Gasteiger partial charge in [0.25, 0.3) is 0 Å². The Morgan fingerprint density at radius 2 is 1.56 bits per heavy atom. The van der Waals surface area contributed by atoms with Crippen molar-refractivity contribution < 1.29 is 31.5 Å². The highest BCUT2D eigenvalue weighted by molar-refractivity contribution is 7.19. The molecule has 0 amide bonds. The molecule has 0 unspecified atom stereocenters. The number of nitrogens with zero attached hydrogens (tertiary/aromatic N) is 4. The van der Waals surface area contributed by atoms with Crippen LogP contribution in [0.5, 0.6) is 5.75 Å². The van der Waals surface area contributed by atoms with E-state index < -0.39 is 40.8 Å². The van der Waals surface area contributed by atoms with Gasteiger partial charge in [0.1, 0.15) is 11.4 Å². The van der Waals surface area contributed by atoms with E-state index in [0.29, 0.717) is 27.3 Å². The SMILES string of the molecule is O=C(Oc1c(F)c(F)c(F)c(F)c1F)c1cc2cc(/N=N/c3sc(N4CCCC4)nc3-c3ccccc3)ccc2[nH]1. The van der Waals surface area contributed by atoms with Crippen molar-refractivity contribution in [3.8, 4) is 17.0 Å². The number of hydrogen-bond donors (Lipinski definition) is 1. The molecular weight excluding hydrogens is 565 g/mol. The molecule has 6 rings (SSSR count). The van der Waals surface area contributed by atoms with Gasteiger partial charge in [-0.1, -0.05) is 41.7 Å². The summed E-state index contributed by atoms with van der Waals surface area (Å²) in [5.41, 5.74) is 2.21. The molecule has 3 heterocycles. The third kappa shape index (κ3) is 5.04. The molecule has 0 radical (unpaired) electrons. The van der Waals surface area contributed by atoms with Gasteiger partial charge in [-0.2, -0.15) is 8.78 Å². The second-order valence-corrected chi connectivity index (χ2v) is 10.1. The summed E-state index contributed by atoms with van der Waals surface area (Å²) in [6, 6.07) is 15.8. The second-order valence-electron chi connectivity index (χ2n) is 9.15. The molecule has 1 aliphatic rings. The standard InChI is InChI=1S/C28H18F5N5O2S/c29-19-20(30)22(32)25(23(33)21(19)31)40-27(39)18-13-15-12-16(8-9-17(15)34-18)36-37-26-24(14-6-2-1-3-7-14)35-28(41-26)38-10-4-5-11-38/h1-3,6-9,12-13,34H,4-5,10-11H2/b37-36+. The van der Waals surface area contributed by atoms with Crippen molar-refractivity contribution in [3.05, 3.63) is 89.4 Å². The van der Waals surface area contributed by atoms with E-state index in [-0.39, 0.29) is 5.69 Å². The van der Waals surface area contributed by atoms with Crippen molar-refractivity contribution in [1.29, 1.82) is 0 Å². The number of ether oxygens (including phenoxy) is 1. The number of H-pyrrole nitrogens is 1. The molecule has 41 heavy (non-hydrogen) atoms. The van der Waals surface area contributed by atoms with Gasteiger partial charge in [0.15, 0.2) is 10.1 Å². The summed E-state index contributed by atoms with van der Waals surface area (Å²) in [5, 5.41) is 10.8. The molecule has 5 aromatic rings. The Hall–Kier alpha value is -4.65. The fraction of sp³-hybridized carbons (Fsp3) is 0.143. The third-order valence-electron chi connectivity index (χ3n) is 6.47. The average Bonchev–Trinajstić information content (AvgIpc) is 3.76. The third-order valence-corrected chi connectivity index (χ3v) is 7.47. The van der Waals surface area contributed by atoms with Crippen LogP contribution in [-0.2, 0) is 0 Å². The van der Waals surface area contributed by atoms with Crippen LogP contribution in [0, 0.1) is 29.1 Å². The van der Waals surface area contributed by atoms with Gasteiger partial charge in [-0.05, 0) is 37.1 Å². The number of carbonyl (C=O) groups is 1. The van der Waals surface area contributed by atoms with Crippen LogP contribution in [0.1, 0.15) is 23.3 Å². The highest BCUT2D eigenvalue weighted by atomic mass is 32.1. The Balaban J connectivity index is 1.27. The van der Waals surface area contributed by atoms with Gasteiger partial charge in [-0.25, -0.2) is 22.9 Å². The largest absolute Gasteiger partial charge is 0.415 e. The van der Waals surface area contributed by atoms with Gasteiger partial charge >= 0.3 is 5.97 Å². The number of benzene rings is 3. The number of anilines is 1. The van der Waals surface area contributed by atoms with Crippen LogP contribution in [0.2, 0.25) is 0 Å². The minimum absolute atomic E-state index is 0.276. The van der Waals surface area contributed by atoms with E-state index in [0.717, 1.165) is 36.6 Å². The number of halogens is 5. The topological polar surface area (TPSA) is 82.9 Å². The van der Waals surface area contributed by atoms with Crippen molar-refractivity contribution in [3.63, 3.8) is 0 Å². The zero-order valence-electron chi connectivity index (χ0n) is 20.9. The molecule has 0 atom stereocenters. The predicted molar refractivity (Wildman–Crippen MR) is 143 cm³/mol. The van der Waals surface area contributed by atoms with E-state index in [2.05, 4.69) is 24.8 Å². The molecule has 1 saturated heterocycles. The van der Waals surface area contributed by atoms with Gasteiger partial charge in [0, 0.05) is 29.6 Å². The lowest BCUT2D eigenvalue weighted by Crippen LogP contribution is -2.17. The summed E-state index contributed by atoms with van der Waals surface area (Å²) in [6.07, 6.45) is 2.20. The van der Waals surface area contributed by atoms with Crippen molar-refractivity contribution >= 4 is 44.0 Å². The van der Waals surface area contributed by atoms with Crippen LogP contribution in [-0.4, -0.2) is 29.0 Å². The zero-order valence-corrected chi connectivity index (χ0v) is 21.7. The highest BCUT2D eigenvalue weighted by Crippen LogP contribution is 2.41. The maximum atomic E-state index is 13.9. The quantitative estimate of drug-likeness (QED) is 0.0545. The van der Waals surface area contributed by atoms with E-state index in [1.165, 1.54) is 17.4 Å². The Bertz CT molecular complexity index is 1790. The Kier molecular flexibility index (Phi) is 6.95. The van der Waals surface area contributed by atoms with Crippen LogP contribution in [0.3, 0.4) is 0 Å². The van der Waals surface area contributed by atoms with Crippen molar-refractivity contribution in [2.75, 3.05) is 18.0 Å². The molecule has 0 spiro atoms. The molecule has 7 nitrogen and oxygen atoms in total. The van der Waals surface area contributed by atoms with E-state index in [1.807, 2.05) is 30.3 Å². The Labute approximate surface area is 232 Å². The zero-order chi connectivity index (χ0) is 28.7. The van der Waals surface area contributed by atoms with Crippen LogP contribution >= 0.6 is 11.3 Å². The van der Waals surface area contributed by atoms with E-state index >= 15 is 0 Å². The van der Waals surface area contributed by atoms with Gasteiger partial charge in [0.2, 0.25) is 34.8 Å². The summed E-state index contributed by atoms with van der Waals surface area (Å²) in [6.45, 7) is 1.86. The number of hydrogen-bond acceptors (Lipinski definition) is 7. The molecule has 2 aromatic heterocycles. The maximum absolute atomic E-state index is 13.9. The minimum atomic E-state index is -2.35. The summed E-state index contributed by atoms with van der Waals surface area (Å²) in [7, 11) is 0. The van der Waals surface area contributed by atoms with Gasteiger partial charge in [-0.15, -0.1) is 10.2 Å². The fourth-order valence-corrected chi connectivity index (χ4v) is 5.38. The van der Waals surface area contributed by atoms with Crippen LogP contribution in [0.25, 0.3) is 22.2 Å². The highest BCUT2D eigenvalue weighted by Gasteiger charge is 2.29. The lowest BCUT2D eigenvalue weighted by Gasteiger charge is -2.11. The molecule has 1 N–H and O–H groups in total. The number of aromatic nitrogens is 2. The minimum Gasteiger partial charge on any atom is -0.415 e. The maximum Gasteiger partial charge on any atom is 0.360 e. The van der Waals surface area contributed by atoms with Gasteiger partial charge in [0.05, 0.1) is 5.69 Å². The Morgan fingerprint density at radius 1 is 0.878 bits per heavy atom. The number of nitrogens with one attached hydrogen (secondary N) is 1.